The van der Waals surface area contributed by atoms with Crippen molar-refractivity contribution in [1.82, 2.24) is 0 Å². The van der Waals surface area contributed by atoms with Gasteiger partial charge in [0.2, 0.25) is 0 Å². The van der Waals surface area contributed by atoms with E-state index in [4.69, 9.17) is 0 Å². The first kappa shape index (κ1) is 17.9. The summed E-state index contributed by atoms with van der Waals surface area (Å²) >= 11 is 0. The van der Waals surface area contributed by atoms with Gasteiger partial charge in [-0.05, 0) is 12.3 Å². The molecule has 0 aromatic rings. The average molecular weight is 177 g/mol. The molecular weight excluding hydrogens is 150 g/mol. The van der Waals surface area contributed by atoms with Crippen LogP contribution >= 0.6 is 0 Å². The molecule has 2 nitrogen and oxygen atoms in total. The largest absolute Gasteiger partial charge is 0.633 e. The van der Waals surface area contributed by atoms with Crippen molar-refractivity contribution < 1.29 is 4.65 Å². The van der Waals surface area contributed by atoms with Crippen molar-refractivity contribution in [2.45, 2.75) is 41.5 Å². The number of quaternary nitrogens is 1. The third-order valence-electron chi connectivity index (χ3n) is 1.86. The van der Waals surface area contributed by atoms with Crippen molar-refractivity contribution in [3.63, 3.8) is 0 Å². The molecule has 0 saturated carbocycles. The standard InChI is InChI=1S/C8H19NO.2CH4/c1-5-8(2)6-7-9(3,4)10;;/h8H,5-7H2,1-4H3;2*1H4. The van der Waals surface area contributed by atoms with E-state index in [1.807, 2.05) is 0 Å². The zero-order valence-corrected chi connectivity index (χ0v) is 7.55. The van der Waals surface area contributed by atoms with Crippen molar-refractivity contribution in [3.8, 4) is 0 Å². The van der Waals surface area contributed by atoms with Crippen molar-refractivity contribution in [2.24, 2.45) is 5.92 Å². The molecule has 2 heteroatoms. The molecule has 1 unspecified atom stereocenters. The van der Waals surface area contributed by atoms with Crippen molar-refractivity contribution in [1.29, 1.82) is 0 Å². The fraction of sp³-hybridized carbons (Fsp3) is 1.00. The Hall–Kier alpha value is -0.0800. The van der Waals surface area contributed by atoms with Gasteiger partial charge in [-0.25, -0.2) is 0 Å². The highest BCUT2D eigenvalue weighted by Crippen LogP contribution is 2.08. The maximum Gasteiger partial charge on any atom is 0.0782 e. The van der Waals surface area contributed by atoms with Crippen LogP contribution in [0.2, 0.25) is 0 Å². The minimum atomic E-state index is -0.148. The van der Waals surface area contributed by atoms with Crippen molar-refractivity contribution in [3.05, 3.63) is 5.21 Å². The molecule has 0 rings (SSSR count). The second-order valence-corrected chi connectivity index (χ2v) is 3.60. The van der Waals surface area contributed by atoms with Crippen LogP contribution in [0, 0.1) is 11.1 Å². The number of hydrogen-bond acceptors (Lipinski definition) is 1. The summed E-state index contributed by atoms with van der Waals surface area (Å²) in [5.74, 6) is 0.700. The molecule has 0 bridgehead atoms. The van der Waals surface area contributed by atoms with E-state index in [0.29, 0.717) is 5.92 Å². The molecule has 0 fully saturated rings. The lowest BCUT2D eigenvalue weighted by Gasteiger charge is -2.34. The van der Waals surface area contributed by atoms with Crippen LogP contribution in [0.25, 0.3) is 0 Å². The van der Waals surface area contributed by atoms with Gasteiger partial charge in [0.1, 0.15) is 0 Å². The minimum absolute atomic E-state index is 0. The van der Waals surface area contributed by atoms with Crippen LogP contribution in [0.5, 0.6) is 0 Å². The Morgan fingerprint density at radius 2 is 1.67 bits per heavy atom. The summed E-state index contributed by atoms with van der Waals surface area (Å²) in [5, 5.41) is 11.1. The summed E-state index contributed by atoms with van der Waals surface area (Å²) in [6.07, 6.45) is 2.23. The first-order valence-corrected chi connectivity index (χ1v) is 3.99. The van der Waals surface area contributed by atoms with E-state index in [9.17, 15) is 5.21 Å². The summed E-state index contributed by atoms with van der Waals surface area (Å²) in [6.45, 7) is 5.10. The number of hydrogen-bond donors (Lipinski definition) is 0. The van der Waals surface area contributed by atoms with Crippen LogP contribution in [0.15, 0.2) is 0 Å². The molecule has 0 saturated heterocycles. The Kier molecular flexibility index (Phi) is 11.3. The summed E-state index contributed by atoms with van der Waals surface area (Å²) in [4.78, 5) is 0. The van der Waals surface area contributed by atoms with Crippen molar-refractivity contribution in [2.75, 3.05) is 20.6 Å². The topological polar surface area (TPSA) is 23.1 Å². The average Bonchev–Trinajstić information content (AvgIpc) is 1.81. The van der Waals surface area contributed by atoms with Gasteiger partial charge < -0.3 is 9.85 Å². The molecule has 78 valence electrons. The lowest BCUT2D eigenvalue weighted by Crippen LogP contribution is -2.33. The van der Waals surface area contributed by atoms with E-state index in [1.165, 1.54) is 6.42 Å². The van der Waals surface area contributed by atoms with E-state index in [-0.39, 0.29) is 19.5 Å². The minimum Gasteiger partial charge on any atom is -0.633 e. The van der Waals surface area contributed by atoms with Gasteiger partial charge >= 0.3 is 0 Å². The lowest BCUT2D eigenvalue weighted by molar-refractivity contribution is -0.840. The molecule has 0 aliphatic rings. The lowest BCUT2D eigenvalue weighted by atomic mass is 10.1. The van der Waals surface area contributed by atoms with E-state index in [2.05, 4.69) is 13.8 Å². The molecule has 1 atom stereocenters. The van der Waals surface area contributed by atoms with Gasteiger partial charge in [-0.1, -0.05) is 35.1 Å². The Bertz CT molecular complexity index is 86.3. The molecule has 0 radical (unpaired) electrons. The maximum absolute atomic E-state index is 11.1. The molecule has 0 aliphatic carbocycles. The van der Waals surface area contributed by atoms with Crippen LogP contribution in [0.1, 0.15) is 41.5 Å². The highest BCUT2D eigenvalue weighted by molar-refractivity contribution is 4.48. The number of rotatable bonds is 4. The zero-order chi connectivity index (χ0) is 8.20. The molecule has 0 amide bonds. The first-order chi connectivity index (χ1) is 4.45. The Morgan fingerprint density at radius 3 is 1.92 bits per heavy atom. The second kappa shape index (κ2) is 7.56. The molecule has 12 heavy (non-hydrogen) atoms. The highest BCUT2D eigenvalue weighted by atomic mass is 16.5. The van der Waals surface area contributed by atoms with Crippen LogP contribution in [-0.4, -0.2) is 25.3 Å². The highest BCUT2D eigenvalue weighted by Gasteiger charge is 2.04. The van der Waals surface area contributed by atoms with Gasteiger partial charge in [-0.2, -0.15) is 0 Å². The van der Waals surface area contributed by atoms with Gasteiger partial charge in [-0.15, -0.1) is 0 Å². The summed E-state index contributed by atoms with van der Waals surface area (Å²) in [5.41, 5.74) is 0. The molecule has 0 heterocycles. The first-order valence-electron chi connectivity index (χ1n) is 3.99. The quantitative estimate of drug-likeness (QED) is 0.477. The normalized spacial score (nSPS) is 12.8. The second-order valence-electron chi connectivity index (χ2n) is 3.60. The molecule has 0 N–H and O–H groups in total. The monoisotopic (exact) mass is 177 g/mol. The smallest absolute Gasteiger partial charge is 0.0782 e. The molecule has 0 aromatic carbocycles. The maximum atomic E-state index is 11.1. The predicted molar refractivity (Wildman–Crippen MR) is 57.9 cm³/mol. The fourth-order valence-electron chi connectivity index (χ4n) is 0.735. The van der Waals surface area contributed by atoms with Gasteiger partial charge in [0.15, 0.2) is 0 Å². The van der Waals surface area contributed by atoms with E-state index < -0.39 is 0 Å². The Balaban J connectivity index is -0.000000405. The third kappa shape index (κ3) is 12.6. The van der Waals surface area contributed by atoms with Gasteiger partial charge in [0.05, 0.1) is 20.6 Å². The van der Waals surface area contributed by atoms with E-state index in [1.54, 1.807) is 14.1 Å². The number of nitrogens with zero attached hydrogens (tertiary/aromatic N) is 1. The van der Waals surface area contributed by atoms with Gasteiger partial charge in [0.25, 0.3) is 0 Å². The van der Waals surface area contributed by atoms with Crippen LogP contribution < -0.4 is 0 Å². The SMILES string of the molecule is C.C.CCC(C)CC[N+](C)(C)[O-]. The van der Waals surface area contributed by atoms with E-state index in [0.717, 1.165) is 13.0 Å². The summed E-state index contributed by atoms with van der Waals surface area (Å²) < 4.78 is -0.148. The fourth-order valence-corrected chi connectivity index (χ4v) is 0.735. The molecule has 0 aromatic heterocycles. The Labute approximate surface area is 78.8 Å². The van der Waals surface area contributed by atoms with Crippen LogP contribution in [0.3, 0.4) is 0 Å². The Morgan fingerprint density at radius 1 is 1.25 bits per heavy atom. The summed E-state index contributed by atoms with van der Waals surface area (Å²) in [7, 11) is 3.39. The third-order valence-corrected chi connectivity index (χ3v) is 1.86. The number of hydroxylamine groups is 3. The summed E-state index contributed by atoms with van der Waals surface area (Å²) in [6, 6.07) is 0. The zero-order valence-electron chi connectivity index (χ0n) is 7.55. The van der Waals surface area contributed by atoms with Crippen molar-refractivity contribution >= 4 is 0 Å². The van der Waals surface area contributed by atoms with Gasteiger partial charge in [-0.3, -0.25) is 0 Å². The van der Waals surface area contributed by atoms with Crippen LogP contribution in [0.4, 0.5) is 0 Å². The molecular formula is C10H27NO. The molecule has 0 aliphatic heterocycles. The predicted octanol–water partition coefficient (Wildman–Crippen LogP) is 3.27. The molecule has 0 spiro atoms. The van der Waals surface area contributed by atoms with Crippen LogP contribution in [-0.2, 0) is 0 Å². The van der Waals surface area contributed by atoms with Gasteiger partial charge in [0, 0.05) is 0 Å². The van der Waals surface area contributed by atoms with E-state index >= 15 is 0 Å².